The zero-order chi connectivity index (χ0) is 14.7. The highest BCUT2D eigenvalue weighted by Crippen LogP contribution is 2.32. The molecule has 0 aromatic heterocycles. The second kappa shape index (κ2) is 5.76. The molecule has 2 atom stereocenters. The molecular weight excluding hydrogens is 268 g/mol. The molecular formula is C12H14N2O6. The maximum atomic E-state index is 12.0. The average Bonchev–Trinajstić information content (AvgIpc) is 2.90. The minimum Gasteiger partial charge on any atom is -0.454 e. The lowest BCUT2D eigenvalue weighted by atomic mass is 10.1. The van der Waals surface area contributed by atoms with Crippen molar-refractivity contribution in [2.75, 3.05) is 6.79 Å². The maximum absolute atomic E-state index is 12.0. The van der Waals surface area contributed by atoms with Gasteiger partial charge in [-0.15, -0.1) is 0 Å². The van der Waals surface area contributed by atoms with Crippen LogP contribution in [0.15, 0.2) is 18.2 Å². The molecule has 1 aromatic rings. The lowest BCUT2D eigenvalue weighted by Gasteiger charge is -2.19. The van der Waals surface area contributed by atoms with E-state index in [-0.39, 0.29) is 12.4 Å². The summed E-state index contributed by atoms with van der Waals surface area (Å²) in [6.07, 6.45) is -1.17. The highest BCUT2D eigenvalue weighted by atomic mass is 16.7. The Bertz CT molecular complexity index is 531. The van der Waals surface area contributed by atoms with Gasteiger partial charge in [0.05, 0.1) is 6.10 Å². The van der Waals surface area contributed by atoms with E-state index in [1.807, 2.05) is 0 Å². The molecule has 1 aromatic carbocycles. The highest BCUT2D eigenvalue weighted by molar-refractivity contribution is 5.98. The average molecular weight is 282 g/mol. The maximum Gasteiger partial charge on any atom is 0.268 e. The van der Waals surface area contributed by atoms with Crippen molar-refractivity contribution in [2.45, 2.75) is 19.1 Å². The van der Waals surface area contributed by atoms with Gasteiger partial charge >= 0.3 is 0 Å². The summed E-state index contributed by atoms with van der Waals surface area (Å²) < 4.78 is 10.3. The second-order valence-electron chi connectivity index (χ2n) is 4.24. The monoisotopic (exact) mass is 282 g/mol. The van der Waals surface area contributed by atoms with E-state index >= 15 is 0 Å². The number of hydrogen-bond donors (Lipinski definition) is 4. The third kappa shape index (κ3) is 2.81. The zero-order valence-electron chi connectivity index (χ0n) is 10.6. The molecule has 8 heteroatoms. The van der Waals surface area contributed by atoms with Crippen molar-refractivity contribution in [1.29, 1.82) is 0 Å². The first kappa shape index (κ1) is 14.1. The normalized spacial score (nSPS) is 15.3. The predicted molar refractivity (Wildman–Crippen MR) is 65.4 cm³/mol. The van der Waals surface area contributed by atoms with E-state index in [0.29, 0.717) is 11.5 Å². The number of nitrogens with one attached hydrogen (secondary N) is 2. The number of hydroxylamine groups is 1. The molecule has 2 rings (SSSR count). The van der Waals surface area contributed by atoms with Crippen molar-refractivity contribution < 1.29 is 29.4 Å². The van der Waals surface area contributed by atoms with Gasteiger partial charge in [-0.2, -0.15) is 0 Å². The molecule has 20 heavy (non-hydrogen) atoms. The van der Waals surface area contributed by atoms with Crippen LogP contribution >= 0.6 is 0 Å². The molecule has 0 spiro atoms. The molecule has 0 aliphatic carbocycles. The van der Waals surface area contributed by atoms with Crippen molar-refractivity contribution in [1.82, 2.24) is 10.8 Å². The molecule has 8 nitrogen and oxygen atoms in total. The van der Waals surface area contributed by atoms with Gasteiger partial charge < -0.3 is 19.9 Å². The first-order chi connectivity index (χ1) is 9.52. The fourth-order valence-electron chi connectivity index (χ4n) is 1.74. The first-order valence-electron chi connectivity index (χ1n) is 5.85. The second-order valence-corrected chi connectivity index (χ2v) is 4.24. The van der Waals surface area contributed by atoms with Crippen LogP contribution in [0, 0.1) is 0 Å². The Morgan fingerprint density at radius 2 is 2.00 bits per heavy atom. The quantitative estimate of drug-likeness (QED) is 0.433. The van der Waals surface area contributed by atoms with Crippen LogP contribution in [0.1, 0.15) is 17.3 Å². The number of carbonyl (C=O) groups excluding carboxylic acids is 2. The van der Waals surface area contributed by atoms with Crippen LogP contribution in [0.5, 0.6) is 11.5 Å². The molecule has 4 N–H and O–H groups in total. The lowest BCUT2D eigenvalue weighted by Crippen LogP contribution is -2.51. The topological polar surface area (TPSA) is 117 Å². The number of benzene rings is 1. The summed E-state index contributed by atoms with van der Waals surface area (Å²) in [5, 5.41) is 20.3. The van der Waals surface area contributed by atoms with Gasteiger partial charge in [0.1, 0.15) is 6.04 Å². The summed E-state index contributed by atoms with van der Waals surface area (Å²) in [6.45, 7) is 1.41. The van der Waals surface area contributed by atoms with Crippen LogP contribution in [0.4, 0.5) is 0 Å². The van der Waals surface area contributed by atoms with E-state index in [2.05, 4.69) is 5.32 Å². The van der Waals surface area contributed by atoms with Gasteiger partial charge in [-0.25, -0.2) is 5.48 Å². The Kier molecular flexibility index (Phi) is 4.06. The summed E-state index contributed by atoms with van der Waals surface area (Å²) in [6, 6.07) is 3.27. The number of ether oxygens (including phenoxy) is 2. The van der Waals surface area contributed by atoms with Crippen molar-refractivity contribution in [2.24, 2.45) is 0 Å². The Morgan fingerprint density at radius 1 is 1.30 bits per heavy atom. The summed E-state index contributed by atoms with van der Waals surface area (Å²) in [5.74, 6) is -0.536. The fraction of sp³-hybridized carbons (Fsp3) is 0.333. The molecule has 1 aliphatic rings. The Hall–Kier alpha value is -2.32. The zero-order valence-corrected chi connectivity index (χ0v) is 10.6. The van der Waals surface area contributed by atoms with E-state index in [4.69, 9.17) is 14.7 Å². The predicted octanol–water partition coefficient (Wildman–Crippen LogP) is -0.600. The first-order valence-corrected chi connectivity index (χ1v) is 5.85. The van der Waals surface area contributed by atoms with Crippen LogP contribution in [-0.2, 0) is 4.79 Å². The molecule has 1 heterocycles. The van der Waals surface area contributed by atoms with E-state index in [1.165, 1.54) is 24.5 Å². The molecule has 0 unspecified atom stereocenters. The van der Waals surface area contributed by atoms with Gasteiger partial charge in [0, 0.05) is 5.56 Å². The van der Waals surface area contributed by atoms with Crippen molar-refractivity contribution >= 4 is 11.8 Å². The molecule has 0 saturated carbocycles. The van der Waals surface area contributed by atoms with E-state index in [0.717, 1.165) is 0 Å². The van der Waals surface area contributed by atoms with Crippen molar-refractivity contribution in [3.8, 4) is 11.5 Å². The number of carbonyl (C=O) groups is 2. The third-order valence-corrected chi connectivity index (χ3v) is 2.80. The third-order valence-electron chi connectivity index (χ3n) is 2.80. The van der Waals surface area contributed by atoms with Gasteiger partial charge in [-0.3, -0.25) is 14.8 Å². The summed E-state index contributed by atoms with van der Waals surface area (Å²) in [5.41, 5.74) is 1.63. The minimum atomic E-state index is -1.27. The fourth-order valence-corrected chi connectivity index (χ4v) is 1.74. The van der Waals surface area contributed by atoms with Crippen LogP contribution in [0.3, 0.4) is 0 Å². The van der Waals surface area contributed by atoms with Crippen LogP contribution in [-0.4, -0.2) is 41.1 Å². The summed E-state index contributed by atoms with van der Waals surface area (Å²) in [4.78, 5) is 23.3. The van der Waals surface area contributed by atoms with Gasteiger partial charge in [-0.1, -0.05) is 0 Å². The van der Waals surface area contributed by atoms with E-state index < -0.39 is 24.0 Å². The number of rotatable bonds is 4. The molecule has 2 amide bonds. The number of aliphatic hydroxyl groups is 1. The molecule has 0 fully saturated rings. The van der Waals surface area contributed by atoms with Gasteiger partial charge in [0.2, 0.25) is 6.79 Å². The number of aliphatic hydroxyl groups excluding tert-OH is 1. The Labute approximate surface area is 114 Å². The largest absolute Gasteiger partial charge is 0.454 e. The van der Waals surface area contributed by atoms with Gasteiger partial charge in [0.25, 0.3) is 11.8 Å². The Morgan fingerprint density at radius 3 is 2.65 bits per heavy atom. The van der Waals surface area contributed by atoms with Crippen LogP contribution in [0.25, 0.3) is 0 Å². The number of hydrogen-bond acceptors (Lipinski definition) is 6. The highest BCUT2D eigenvalue weighted by Gasteiger charge is 2.26. The molecule has 1 aliphatic heterocycles. The van der Waals surface area contributed by atoms with Gasteiger partial charge in [-0.05, 0) is 25.1 Å². The number of fused-ring (bicyclic) bond motifs is 1. The molecule has 108 valence electrons. The SMILES string of the molecule is C[C@@H](O)[C@H](NC(=O)c1ccc2c(c1)OCO2)C(=O)NO. The minimum absolute atomic E-state index is 0.0869. The lowest BCUT2D eigenvalue weighted by molar-refractivity contribution is -0.133. The Balaban J connectivity index is 2.12. The molecule has 0 saturated heterocycles. The smallest absolute Gasteiger partial charge is 0.268 e. The van der Waals surface area contributed by atoms with E-state index in [9.17, 15) is 14.7 Å². The molecule has 0 bridgehead atoms. The summed E-state index contributed by atoms with van der Waals surface area (Å²) in [7, 11) is 0. The standard InChI is InChI=1S/C12H14N2O6/c1-6(15)10(12(17)14-18)13-11(16)7-2-3-8-9(4-7)20-5-19-8/h2-4,6,10,15,18H,5H2,1H3,(H,13,16)(H,14,17)/t6-,10+/m1/s1. The van der Waals surface area contributed by atoms with E-state index in [1.54, 1.807) is 6.07 Å². The summed E-state index contributed by atoms with van der Waals surface area (Å²) >= 11 is 0. The van der Waals surface area contributed by atoms with Crippen LogP contribution < -0.4 is 20.3 Å². The van der Waals surface area contributed by atoms with Crippen molar-refractivity contribution in [3.05, 3.63) is 23.8 Å². The van der Waals surface area contributed by atoms with Crippen molar-refractivity contribution in [3.63, 3.8) is 0 Å². The number of amides is 2. The molecule has 0 radical (unpaired) electrons. The van der Waals surface area contributed by atoms with Crippen LogP contribution in [0.2, 0.25) is 0 Å². The van der Waals surface area contributed by atoms with Gasteiger partial charge in [0.15, 0.2) is 11.5 Å².